The number of nitrogens with zero attached hydrogens (tertiary/aromatic N) is 2. The molecular formula is C15H13N3O3S. The van der Waals surface area contributed by atoms with E-state index in [9.17, 15) is 4.79 Å². The van der Waals surface area contributed by atoms with Crippen molar-refractivity contribution in [3.63, 3.8) is 0 Å². The van der Waals surface area contributed by atoms with Crippen LogP contribution in [0.25, 0.3) is 16.8 Å². The average molecular weight is 315 g/mol. The Hall–Kier alpha value is -2.67. The van der Waals surface area contributed by atoms with Crippen LogP contribution in [0.1, 0.15) is 16.5 Å². The van der Waals surface area contributed by atoms with E-state index < -0.39 is 0 Å². The number of carbonyl (C=O) groups excluding carboxylic acids is 1. The van der Waals surface area contributed by atoms with Gasteiger partial charge in [-0.1, -0.05) is 5.16 Å². The summed E-state index contributed by atoms with van der Waals surface area (Å²) >= 11 is 1.50. The summed E-state index contributed by atoms with van der Waals surface area (Å²) in [6.07, 6.45) is 4.59. The molecule has 0 aromatic carbocycles. The summed E-state index contributed by atoms with van der Waals surface area (Å²) in [5, 5.41) is 6.70. The molecular weight excluding hydrogens is 302 g/mol. The van der Waals surface area contributed by atoms with Crippen molar-refractivity contribution >= 4 is 29.0 Å². The fourth-order valence-electron chi connectivity index (χ4n) is 1.83. The third-order valence-corrected chi connectivity index (χ3v) is 3.91. The molecule has 0 unspecified atom stereocenters. The van der Waals surface area contributed by atoms with E-state index in [2.05, 4.69) is 15.5 Å². The van der Waals surface area contributed by atoms with Gasteiger partial charge < -0.3 is 14.3 Å². The summed E-state index contributed by atoms with van der Waals surface area (Å²) in [6, 6.07) is 5.37. The molecule has 112 valence electrons. The van der Waals surface area contributed by atoms with Crippen molar-refractivity contribution in [1.29, 1.82) is 0 Å². The highest BCUT2D eigenvalue weighted by Gasteiger charge is 2.13. The van der Waals surface area contributed by atoms with Crippen LogP contribution < -0.4 is 5.32 Å². The van der Waals surface area contributed by atoms with Crippen LogP contribution in [-0.4, -0.2) is 16.0 Å². The van der Waals surface area contributed by atoms with Gasteiger partial charge in [0.2, 0.25) is 17.6 Å². The average Bonchev–Trinajstić information content (AvgIpc) is 3.19. The summed E-state index contributed by atoms with van der Waals surface area (Å²) in [5.74, 6) is 1.43. The Labute approximate surface area is 130 Å². The molecule has 22 heavy (non-hydrogen) atoms. The quantitative estimate of drug-likeness (QED) is 0.743. The van der Waals surface area contributed by atoms with Gasteiger partial charge >= 0.3 is 0 Å². The van der Waals surface area contributed by atoms with E-state index >= 15 is 0 Å². The van der Waals surface area contributed by atoms with Gasteiger partial charge in [-0.25, -0.2) is 0 Å². The van der Waals surface area contributed by atoms with Gasteiger partial charge in [0.05, 0.1) is 16.8 Å². The van der Waals surface area contributed by atoms with Crippen molar-refractivity contribution in [3.05, 3.63) is 47.1 Å². The number of amides is 1. The van der Waals surface area contributed by atoms with Crippen LogP contribution in [-0.2, 0) is 4.79 Å². The van der Waals surface area contributed by atoms with E-state index in [1.165, 1.54) is 17.4 Å². The zero-order valence-electron chi connectivity index (χ0n) is 12.0. The Morgan fingerprint density at radius 1 is 1.41 bits per heavy atom. The lowest BCUT2D eigenvalue weighted by Crippen LogP contribution is -2.07. The van der Waals surface area contributed by atoms with Crippen molar-refractivity contribution in [2.75, 3.05) is 5.32 Å². The van der Waals surface area contributed by atoms with Crippen molar-refractivity contribution in [2.24, 2.45) is 0 Å². The molecule has 0 bridgehead atoms. The van der Waals surface area contributed by atoms with E-state index in [4.69, 9.17) is 8.94 Å². The zero-order chi connectivity index (χ0) is 15.5. The number of furan rings is 1. The summed E-state index contributed by atoms with van der Waals surface area (Å²) in [6.45, 7) is 3.66. The van der Waals surface area contributed by atoms with Crippen LogP contribution in [0.15, 0.2) is 39.5 Å². The number of nitrogens with one attached hydrogen (secondary N) is 1. The lowest BCUT2D eigenvalue weighted by atomic mass is 10.3. The zero-order valence-corrected chi connectivity index (χ0v) is 12.8. The van der Waals surface area contributed by atoms with E-state index in [-0.39, 0.29) is 5.91 Å². The van der Waals surface area contributed by atoms with Crippen LogP contribution in [0.2, 0.25) is 0 Å². The highest BCUT2D eigenvalue weighted by Crippen LogP contribution is 2.32. The number of aromatic nitrogens is 2. The summed E-state index contributed by atoms with van der Waals surface area (Å²) in [7, 11) is 0. The molecule has 3 aromatic rings. The third kappa shape index (κ3) is 3.15. The summed E-state index contributed by atoms with van der Waals surface area (Å²) < 4.78 is 10.1. The highest BCUT2D eigenvalue weighted by atomic mass is 32.1. The first-order valence-corrected chi connectivity index (χ1v) is 7.37. The van der Waals surface area contributed by atoms with Crippen LogP contribution in [0.3, 0.4) is 0 Å². The van der Waals surface area contributed by atoms with Gasteiger partial charge in [0.15, 0.2) is 0 Å². The van der Waals surface area contributed by atoms with Crippen molar-refractivity contribution in [2.45, 2.75) is 13.8 Å². The minimum atomic E-state index is -0.229. The molecule has 0 saturated heterocycles. The second kappa shape index (κ2) is 5.98. The van der Waals surface area contributed by atoms with Gasteiger partial charge in [0, 0.05) is 17.9 Å². The number of hydrogen-bond donors (Lipinski definition) is 1. The second-order valence-electron chi connectivity index (χ2n) is 4.56. The predicted molar refractivity (Wildman–Crippen MR) is 83.5 cm³/mol. The third-order valence-electron chi connectivity index (χ3n) is 2.87. The smallest absolute Gasteiger partial charge is 0.248 e. The first kappa shape index (κ1) is 14.3. The molecule has 3 aromatic heterocycles. The Morgan fingerprint density at radius 2 is 2.27 bits per heavy atom. The van der Waals surface area contributed by atoms with Gasteiger partial charge in [0.25, 0.3) is 0 Å². The standard InChI is InChI=1S/C15H13N3O3S/c1-9-12(8-13(22-9)15-16-10(2)21-18-15)17-14(19)6-5-11-4-3-7-20-11/h3-8H,1-2H3,(H,17,19)/b6-5+. The monoisotopic (exact) mass is 315 g/mol. The van der Waals surface area contributed by atoms with Crippen LogP contribution in [0.4, 0.5) is 5.69 Å². The molecule has 0 radical (unpaired) electrons. The Morgan fingerprint density at radius 3 is 2.95 bits per heavy atom. The van der Waals surface area contributed by atoms with Gasteiger partial charge in [-0.05, 0) is 31.2 Å². The molecule has 1 N–H and O–H groups in total. The minimum absolute atomic E-state index is 0.229. The van der Waals surface area contributed by atoms with Crippen molar-refractivity contribution in [1.82, 2.24) is 10.1 Å². The lowest BCUT2D eigenvalue weighted by molar-refractivity contribution is -0.111. The number of anilines is 1. The van der Waals surface area contributed by atoms with Crippen LogP contribution in [0.5, 0.6) is 0 Å². The first-order valence-electron chi connectivity index (χ1n) is 6.55. The minimum Gasteiger partial charge on any atom is -0.465 e. The lowest BCUT2D eigenvalue weighted by Gasteiger charge is -1.99. The largest absolute Gasteiger partial charge is 0.465 e. The Bertz CT molecular complexity index is 815. The maximum atomic E-state index is 11.9. The molecule has 7 heteroatoms. The predicted octanol–water partition coefficient (Wildman–Crippen LogP) is 3.66. The SMILES string of the molecule is Cc1nc(-c2cc(NC(=O)/C=C/c3ccco3)c(C)s2)no1. The molecule has 1 amide bonds. The fourth-order valence-corrected chi connectivity index (χ4v) is 2.73. The topological polar surface area (TPSA) is 81.2 Å². The molecule has 0 aliphatic carbocycles. The van der Waals surface area contributed by atoms with E-state index in [1.54, 1.807) is 31.4 Å². The maximum absolute atomic E-state index is 11.9. The van der Waals surface area contributed by atoms with E-state index in [0.29, 0.717) is 17.5 Å². The van der Waals surface area contributed by atoms with E-state index in [0.717, 1.165) is 15.4 Å². The van der Waals surface area contributed by atoms with E-state index in [1.807, 2.05) is 13.0 Å². The molecule has 6 nitrogen and oxygen atoms in total. The molecule has 0 aliphatic heterocycles. The number of thiophene rings is 1. The van der Waals surface area contributed by atoms with Crippen LogP contribution >= 0.6 is 11.3 Å². The number of hydrogen-bond acceptors (Lipinski definition) is 6. The second-order valence-corrected chi connectivity index (χ2v) is 5.81. The Balaban J connectivity index is 1.72. The molecule has 0 spiro atoms. The molecule has 3 heterocycles. The van der Waals surface area contributed by atoms with Crippen LogP contribution in [0, 0.1) is 13.8 Å². The van der Waals surface area contributed by atoms with Gasteiger partial charge in [0.1, 0.15) is 5.76 Å². The highest BCUT2D eigenvalue weighted by molar-refractivity contribution is 7.16. The van der Waals surface area contributed by atoms with Gasteiger partial charge in [-0.3, -0.25) is 4.79 Å². The molecule has 0 fully saturated rings. The van der Waals surface area contributed by atoms with Crippen molar-refractivity contribution in [3.8, 4) is 10.7 Å². The van der Waals surface area contributed by atoms with Gasteiger partial charge in [-0.15, -0.1) is 11.3 Å². The number of aryl methyl sites for hydroxylation is 2. The molecule has 3 rings (SSSR count). The number of carbonyl (C=O) groups is 1. The van der Waals surface area contributed by atoms with Gasteiger partial charge in [-0.2, -0.15) is 4.98 Å². The maximum Gasteiger partial charge on any atom is 0.248 e. The molecule has 0 atom stereocenters. The fraction of sp³-hybridized carbons (Fsp3) is 0.133. The summed E-state index contributed by atoms with van der Waals surface area (Å²) in [5.41, 5.74) is 0.733. The molecule has 0 aliphatic rings. The number of rotatable bonds is 4. The first-order chi connectivity index (χ1) is 10.6. The normalized spacial score (nSPS) is 11.2. The van der Waals surface area contributed by atoms with Crippen molar-refractivity contribution < 1.29 is 13.7 Å². The summed E-state index contributed by atoms with van der Waals surface area (Å²) in [4.78, 5) is 17.9. The Kier molecular flexibility index (Phi) is 3.88. The molecule has 0 saturated carbocycles.